The van der Waals surface area contributed by atoms with Crippen LogP contribution in [0.1, 0.15) is 58.2 Å². The van der Waals surface area contributed by atoms with Gasteiger partial charge in [-0.25, -0.2) is 4.68 Å². The van der Waals surface area contributed by atoms with Gasteiger partial charge in [-0.2, -0.15) is 5.10 Å². The summed E-state index contributed by atoms with van der Waals surface area (Å²) in [6.07, 6.45) is 7.57. The predicted molar refractivity (Wildman–Crippen MR) is 126 cm³/mol. The van der Waals surface area contributed by atoms with Crippen LogP contribution in [-0.4, -0.2) is 50.2 Å². The monoisotopic (exact) mass is 443 g/mol. The van der Waals surface area contributed by atoms with E-state index in [0.29, 0.717) is 30.0 Å². The van der Waals surface area contributed by atoms with Gasteiger partial charge in [-0.15, -0.1) is 11.3 Å². The number of aryl methyl sites for hydroxylation is 1. The van der Waals surface area contributed by atoms with Crippen LogP contribution in [0.25, 0.3) is 15.7 Å². The third-order valence-electron chi connectivity index (χ3n) is 6.65. The van der Waals surface area contributed by atoms with Crippen molar-refractivity contribution in [1.29, 1.82) is 0 Å². The molecule has 168 valence electrons. The van der Waals surface area contributed by atoms with E-state index in [1.165, 1.54) is 36.8 Å². The van der Waals surface area contributed by atoms with Crippen molar-refractivity contribution in [1.82, 2.24) is 24.4 Å². The van der Waals surface area contributed by atoms with Crippen molar-refractivity contribution in [2.24, 2.45) is 0 Å². The summed E-state index contributed by atoms with van der Waals surface area (Å²) in [6.45, 7) is 7.76. The minimum atomic E-state index is -0.229. The van der Waals surface area contributed by atoms with Crippen molar-refractivity contribution >= 4 is 33.0 Å². The Morgan fingerprint density at radius 3 is 2.84 bits per heavy atom. The van der Waals surface area contributed by atoms with Crippen LogP contribution in [-0.2, 0) is 11.3 Å². The normalized spacial score (nSPS) is 16.4. The molecule has 1 fully saturated rings. The van der Waals surface area contributed by atoms with Crippen LogP contribution in [0.3, 0.4) is 0 Å². The van der Waals surface area contributed by atoms with Crippen LogP contribution in [0.4, 0.5) is 0 Å². The molecule has 1 unspecified atom stereocenters. The molecule has 31 heavy (non-hydrogen) atoms. The zero-order valence-electron chi connectivity index (χ0n) is 18.8. The minimum absolute atomic E-state index is 0.0538. The highest BCUT2D eigenvalue weighted by Gasteiger charge is 2.24. The summed E-state index contributed by atoms with van der Waals surface area (Å²) in [5.41, 5.74) is 1.33. The van der Waals surface area contributed by atoms with Gasteiger partial charge in [0, 0.05) is 25.2 Å². The molecule has 7 nitrogen and oxygen atoms in total. The molecule has 0 aliphatic heterocycles. The summed E-state index contributed by atoms with van der Waals surface area (Å²) >= 11 is 1.60. The molecule has 0 spiro atoms. The van der Waals surface area contributed by atoms with Gasteiger partial charge in [0.05, 0.1) is 10.2 Å². The lowest BCUT2D eigenvalue weighted by molar-refractivity contribution is -0.122. The van der Waals surface area contributed by atoms with Crippen LogP contribution in [0.15, 0.2) is 22.3 Å². The first-order valence-corrected chi connectivity index (χ1v) is 12.4. The molecule has 3 aromatic heterocycles. The number of rotatable bonds is 8. The molecule has 0 bridgehead atoms. The molecule has 1 aliphatic carbocycles. The lowest BCUT2D eigenvalue weighted by Gasteiger charge is -2.38. The van der Waals surface area contributed by atoms with Gasteiger partial charge < -0.3 is 5.32 Å². The Balaban J connectivity index is 1.40. The molecular formula is C23H33N5O2S. The molecule has 0 aromatic carbocycles. The number of hydrogen-bond donors (Lipinski definition) is 1. The van der Waals surface area contributed by atoms with Crippen LogP contribution < -0.4 is 10.9 Å². The molecule has 1 N–H and O–H groups in total. The molecule has 1 aliphatic rings. The van der Waals surface area contributed by atoms with Gasteiger partial charge in [0.25, 0.3) is 5.56 Å². The van der Waals surface area contributed by atoms with E-state index < -0.39 is 0 Å². The topological polar surface area (TPSA) is 71.6 Å². The lowest BCUT2D eigenvalue weighted by Crippen LogP contribution is -2.47. The molecule has 1 atom stereocenters. The Hall–Kier alpha value is -2.19. The van der Waals surface area contributed by atoms with E-state index >= 15 is 0 Å². The molecule has 3 heterocycles. The molecule has 4 rings (SSSR count). The molecule has 3 aromatic rings. The third kappa shape index (κ3) is 4.55. The number of nitrogens with one attached hydrogen (secondary N) is 1. The number of fused-ring (bicyclic) bond motifs is 3. The summed E-state index contributed by atoms with van der Waals surface area (Å²) in [5, 5.41) is 9.42. The zero-order chi connectivity index (χ0) is 22.0. The third-order valence-corrected chi connectivity index (χ3v) is 7.50. The average Bonchev–Trinajstić information content (AvgIpc) is 3.36. The van der Waals surface area contributed by atoms with E-state index in [1.54, 1.807) is 11.3 Å². The molecule has 1 amide bonds. The Labute approximate surface area is 187 Å². The standard InChI is InChI=1S/C23H33N5O2S/c1-4-16(2)26(18-8-6-5-7-9-18)12-11-24-22(29)15-27-23(30)20-14-21-19(10-13-31-21)28(20)17(3)25-27/h10,13-14,16,18H,4-9,11-12,15H2,1-3H3,(H,24,29). The number of aromatic nitrogens is 3. The summed E-state index contributed by atoms with van der Waals surface area (Å²) in [7, 11) is 0. The van der Waals surface area contributed by atoms with E-state index in [-0.39, 0.29) is 18.0 Å². The van der Waals surface area contributed by atoms with Gasteiger partial charge in [0.2, 0.25) is 5.91 Å². The fourth-order valence-electron chi connectivity index (χ4n) is 4.86. The number of amides is 1. The first-order chi connectivity index (χ1) is 15.0. The maximum absolute atomic E-state index is 12.9. The first kappa shape index (κ1) is 22.0. The molecule has 1 saturated carbocycles. The van der Waals surface area contributed by atoms with Crippen molar-refractivity contribution in [3.05, 3.63) is 33.7 Å². The smallest absolute Gasteiger partial charge is 0.291 e. The van der Waals surface area contributed by atoms with E-state index in [4.69, 9.17) is 0 Å². The van der Waals surface area contributed by atoms with Gasteiger partial charge in [-0.05, 0) is 50.6 Å². The van der Waals surface area contributed by atoms with E-state index in [9.17, 15) is 9.59 Å². The van der Waals surface area contributed by atoms with Gasteiger partial charge in [-0.1, -0.05) is 26.2 Å². The summed E-state index contributed by atoms with van der Waals surface area (Å²) in [6, 6.07) is 5.02. The van der Waals surface area contributed by atoms with Crippen LogP contribution in [0, 0.1) is 6.92 Å². The molecule has 8 heteroatoms. The average molecular weight is 444 g/mol. The van der Waals surface area contributed by atoms with Gasteiger partial charge in [0.15, 0.2) is 0 Å². The van der Waals surface area contributed by atoms with E-state index in [0.717, 1.165) is 23.2 Å². The van der Waals surface area contributed by atoms with Crippen molar-refractivity contribution in [2.75, 3.05) is 13.1 Å². The van der Waals surface area contributed by atoms with Crippen molar-refractivity contribution < 1.29 is 4.79 Å². The summed E-state index contributed by atoms with van der Waals surface area (Å²) in [4.78, 5) is 28.1. The number of carbonyl (C=O) groups is 1. The summed E-state index contributed by atoms with van der Waals surface area (Å²) < 4.78 is 4.21. The highest BCUT2D eigenvalue weighted by atomic mass is 32.1. The Bertz CT molecular complexity index is 1110. The molecular weight excluding hydrogens is 410 g/mol. The van der Waals surface area contributed by atoms with Crippen molar-refractivity contribution in [3.8, 4) is 0 Å². The second-order valence-corrected chi connectivity index (χ2v) is 9.63. The lowest BCUT2D eigenvalue weighted by atomic mass is 9.93. The van der Waals surface area contributed by atoms with E-state index in [2.05, 4.69) is 29.2 Å². The van der Waals surface area contributed by atoms with Crippen molar-refractivity contribution in [3.63, 3.8) is 0 Å². The first-order valence-electron chi connectivity index (χ1n) is 11.5. The predicted octanol–water partition coefficient (Wildman–Crippen LogP) is 3.57. The van der Waals surface area contributed by atoms with Crippen molar-refractivity contribution in [2.45, 2.75) is 77.9 Å². The number of carbonyl (C=O) groups excluding carboxylic acids is 1. The zero-order valence-corrected chi connectivity index (χ0v) is 19.6. The maximum atomic E-state index is 12.9. The highest BCUT2D eigenvalue weighted by Crippen LogP contribution is 2.25. The largest absolute Gasteiger partial charge is 0.353 e. The van der Waals surface area contributed by atoms with Gasteiger partial charge in [0.1, 0.15) is 17.9 Å². The summed E-state index contributed by atoms with van der Waals surface area (Å²) in [5.74, 6) is 0.538. The highest BCUT2D eigenvalue weighted by molar-refractivity contribution is 7.17. The molecule has 0 saturated heterocycles. The number of hydrogen-bond acceptors (Lipinski definition) is 5. The van der Waals surface area contributed by atoms with Gasteiger partial charge >= 0.3 is 0 Å². The maximum Gasteiger partial charge on any atom is 0.291 e. The number of thiophene rings is 1. The fraction of sp³-hybridized carbons (Fsp3) is 0.609. The van der Waals surface area contributed by atoms with Crippen LogP contribution in [0.2, 0.25) is 0 Å². The Morgan fingerprint density at radius 2 is 2.10 bits per heavy atom. The van der Waals surface area contributed by atoms with E-state index in [1.807, 2.05) is 28.8 Å². The van der Waals surface area contributed by atoms with Gasteiger partial charge in [-0.3, -0.25) is 18.9 Å². The fourth-order valence-corrected chi connectivity index (χ4v) is 5.67. The SMILES string of the molecule is CCC(C)N(CCNC(=O)Cn1nc(C)n2c(cc3sccc32)c1=O)C1CCCCC1. The van der Waals surface area contributed by atoms with Crippen LogP contribution >= 0.6 is 11.3 Å². The quantitative estimate of drug-likeness (QED) is 0.578. The van der Waals surface area contributed by atoms with Crippen LogP contribution in [0.5, 0.6) is 0 Å². The Kier molecular flexibility index (Phi) is 6.77. The minimum Gasteiger partial charge on any atom is -0.353 e. The Morgan fingerprint density at radius 1 is 1.32 bits per heavy atom. The second-order valence-electron chi connectivity index (χ2n) is 8.68. The number of nitrogens with zero attached hydrogens (tertiary/aromatic N) is 4. The molecule has 0 radical (unpaired) electrons. The second kappa shape index (κ2) is 9.53.